The Bertz CT molecular complexity index is 633. The maximum Gasteiger partial charge on any atom is 0.264 e. The minimum absolute atomic E-state index is 0.110. The van der Waals surface area contributed by atoms with Crippen molar-refractivity contribution in [2.75, 3.05) is 37.7 Å². The number of halogens is 1. The van der Waals surface area contributed by atoms with E-state index in [0.29, 0.717) is 31.5 Å². The van der Waals surface area contributed by atoms with Crippen molar-refractivity contribution in [2.24, 2.45) is 0 Å². The van der Waals surface area contributed by atoms with E-state index in [-0.39, 0.29) is 5.91 Å². The quantitative estimate of drug-likeness (QED) is 0.887. The van der Waals surface area contributed by atoms with Crippen LogP contribution in [0, 0.1) is 0 Å². The summed E-state index contributed by atoms with van der Waals surface area (Å²) in [5.41, 5.74) is 0. The minimum Gasteiger partial charge on any atom is -0.478 e. The standard InChI is InChI=1S/C15H18N4O2S.ClHO/c1-2-21-13-5-6-16-15(17-13)19-9-7-18(8-10-19)14(20)12-4-3-11-22-12;1-2/h3-6,11H,2,7-10H2,1H3;2H. The number of hydrogen-bond donors (Lipinski definition) is 1. The highest BCUT2D eigenvalue weighted by Crippen LogP contribution is 2.17. The van der Waals surface area contributed by atoms with Gasteiger partial charge in [0.15, 0.2) is 0 Å². The van der Waals surface area contributed by atoms with E-state index in [0.717, 1.165) is 18.0 Å². The lowest BCUT2D eigenvalue weighted by Gasteiger charge is -2.34. The van der Waals surface area contributed by atoms with Crippen molar-refractivity contribution in [1.29, 1.82) is 0 Å². The summed E-state index contributed by atoms with van der Waals surface area (Å²) in [5, 5.41) is 1.93. The van der Waals surface area contributed by atoms with Crippen molar-refractivity contribution in [1.82, 2.24) is 14.9 Å². The number of piperazine rings is 1. The van der Waals surface area contributed by atoms with Crippen LogP contribution in [0.4, 0.5) is 5.95 Å². The van der Waals surface area contributed by atoms with Gasteiger partial charge in [0.05, 0.1) is 23.4 Å². The SMILES string of the molecule is CCOc1ccnc(N2CCN(C(=O)c3cccs3)CC2)n1.OCl. The van der Waals surface area contributed by atoms with Crippen LogP contribution in [0.2, 0.25) is 0 Å². The van der Waals surface area contributed by atoms with Crippen LogP contribution in [-0.2, 0) is 0 Å². The van der Waals surface area contributed by atoms with Gasteiger partial charge >= 0.3 is 0 Å². The zero-order chi connectivity index (χ0) is 17.4. The van der Waals surface area contributed by atoms with Gasteiger partial charge in [-0.15, -0.1) is 11.3 Å². The number of nitrogens with zero attached hydrogens (tertiary/aromatic N) is 4. The van der Waals surface area contributed by atoms with Gasteiger partial charge in [-0.25, -0.2) is 4.98 Å². The second-order valence-corrected chi connectivity index (χ2v) is 5.83. The van der Waals surface area contributed by atoms with E-state index in [2.05, 4.69) is 26.7 Å². The van der Waals surface area contributed by atoms with Gasteiger partial charge < -0.3 is 14.5 Å². The van der Waals surface area contributed by atoms with Crippen LogP contribution in [0.15, 0.2) is 29.8 Å². The topological polar surface area (TPSA) is 78.8 Å². The molecule has 7 nitrogen and oxygen atoms in total. The molecule has 0 aliphatic carbocycles. The average Bonchev–Trinajstić information content (AvgIpc) is 3.18. The Labute approximate surface area is 149 Å². The maximum absolute atomic E-state index is 12.3. The summed E-state index contributed by atoms with van der Waals surface area (Å²) in [6.45, 7) is 5.33. The largest absolute Gasteiger partial charge is 0.478 e. The van der Waals surface area contributed by atoms with Crippen molar-refractivity contribution in [3.05, 3.63) is 34.7 Å². The molecule has 1 fully saturated rings. The van der Waals surface area contributed by atoms with Crippen molar-refractivity contribution < 1.29 is 14.2 Å². The fourth-order valence-electron chi connectivity index (χ4n) is 2.38. The number of carbonyl (C=O) groups is 1. The van der Waals surface area contributed by atoms with Gasteiger partial charge in [-0.2, -0.15) is 4.98 Å². The molecule has 0 radical (unpaired) electrons. The number of thiophene rings is 1. The molecule has 3 heterocycles. The van der Waals surface area contributed by atoms with Gasteiger partial charge in [-0.05, 0) is 18.4 Å². The Hall–Kier alpha value is -1.90. The molecule has 2 aromatic heterocycles. The molecule has 1 saturated heterocycles. The molecular weight excluding hydrogens is 352 g/mol. The monoisotopic (exact) mass is 370 g/mol. The van der Waals surface area contributed by atoms with Crippen molar-refractivity contribution in [3.8, 4) is 5.88 Å². The smallest absolute Gasteiger partial charge is 0.264 e. The summed E-state index contributed by atoms with van der Waals surface area (Å²) in [7, 11) is 0. The highest BCUT2D eigenvalue weighted by molar-refractivity contribution is 7.12. The Morgan fingerprint density at radius 3 is 2.71 bits per heavy atom. The molecule has 24 heavy (non-hydrogen) atoms. The molecule has 0 aromatic carbocycles. The third-order valence-electron chi connectivity index (χ3n) is 3.49. The van der Waals surface area contributed by atoms with Gasteiger partial charge in [0.1, 0.15) is 0 Å². The Kier molecular flexibility index (Phi) is 7.23. The van der Waals surface area contributed by atoms with Crippen LogP contribution in [0.25, 0.3) is 0 Å². The molecule has 1 amide bonds. The summed E-state index contributed by atoms with van der Waals surface area (Å²) in [5.74, 6) is 1.36. The normalized spacial score (nSPS) is 14.0. The molecule has 0 spiro atoms. The fraction of sp³-hybridized carbons (Fsp3) is 0.400. The first kappa shape index (κ1) is 18.4. The number of ether oxygens (including phenoxy) is 1. The van der Waals surface area contributed by atoms with Gasteiger partial charge in [-0.1, -0.05) is 6.07 Å². The molecule has 3 rings (SSSR count). The van der Waals surface area contributed by atoms with E-state index in [9.17, 15) is 4.79 Å². The second-order valence-electron chi connectivity index (χ2n) is 4.88. The summed E-state index contributed by atoms with van der Waals surface area (Å²) >= 11 is 5.12. The first-order valence-electron chi connectivity index (χ1n) is 7.48. The zero-order valence-corrected chi connectivity index (χ0v) is 14.8. The highest BCUT2D eigenvalue weighted by Gasteiger charge is 2.24. The summed E-state index contributed by atoms with van der Waals surface area (Å²) in [6.07, 6.45) is 1.70. The van der Waals surface area contributed by atoms with Crippen LogP contribution in [0.5, 0.6) is 5.88 Å². The first-order chi connectivity index (χ1) is 11.8. The predicted molar refractivity (Wildman–Crippen MR) is 93.7 cm³/mol. The van der Waals surface area contributed by atoms with Crippen LogP contribution in [0.3, 0.4) is 0 Å². The molecule has 0 atom stereocenters. The lowest BCUT2D eigenvalue weighted by molar-refractivity contribution is 0.0751. The van der Waals surface area contributed by atoms with E-state index in [1.165, 1.54) is 11.3 Å². The number of amides is 1. The molecule has 130 valence electrons. The van der Waals surface area contributed by atoms with E-state index >= 15 is 0 Å². The molecular formula is C15H19ClN4O3S. The average molecular weight is 371 g/mol. The van der Waals surface area contributed by atoms with Crippen LogP contribution in [0.1, 0.15) is 16.6 Å². The molecule has 0 bridgehead atoms. The number of hydrogen-bond acceptors (Lipinski definition) is 7. The molecule has 1 aliphatic heterocycles. The third kappa shape index (κ3) is 4.56. The molecule has 9 heteroatoms. The summed E-state index contributed by atoms with van der Waals surface area (Å²) < 4.78 is 11.9. The predicted octanol–water partition coefficient (Wildman–Crippen LogP) is 2.03. The zero-order valence-electron chi connectivity index (χ0n) is 13.3. The lowest BCUT2D eigenvalue weighted by atomic mass is 10.3. The summed E-state index contributed by atoms with van der Waals surface area (Å²) in [6, 6.07) is 5.53. The number of rotatable bonds is 4. The molecule has 0 unspecified atom stereocenters. The molecule has 2 aromatic rings. The van der Waals surface area contributed by atoms with Crippen molar-refractivity contribution >= 4 is 35.1 Å². The highest BCUT2D eigenvalue weighted by atomic mass is 35.5. The first-order valence-corrected chi connectivity index (χ1v) is 8.70. The second kappa shape index (κ2) is 9.41. The van der Waals surface area contributed by atoms with E-state index < -0.39 is 0 Å². The van der Waals surface area contributed by atoms with Crippen molar-refractivity contribution in [3.63, 3.8) is 0 Å². The lowest BCUT2D eigenvalue weighted by Crippen LogP contribution is -2.49. The van der Waals surface area contributed by atoms with E-state index in [4.69, 9.17) is 9.40 Å². The Balaban J connectivity index is 0.00000100. The molecule has 0 saturated carbocycles. The number of anilines is 1. The van der Waals surface area contributed by atoms with E-state index in [1.54, 1.807) is 12.3 Å². The van der Waals surface area contributed by atoms with Gasteiger partial charge in [0.25, 0.3) is 5.91 Å². The number of carbonyl (C=O) groups excluding carboxylic acids is 1. The maximum atomic E-state index is 12.3. The molecule has 1 aliphatic rings. The van der Waals surface area contributed by atoms with Gasteiger partial charge in [0, 0.05) is 38.4 Å². The Morgan fingerprint density at radius 1 is 1.33 bits per heavy atom. The van der Waals surface area contributed by atoms with Crippen LogP contribution in [-0.4, -0.2) is 58.2 Å². The minimum atomic E-state index is 0.110. The number of aromatic nitrogens is 2. The molecule has 1 N–H and O–H groups in total. The summed E-state index contributed by atoms with van der Waals surface area (Å²) in [4.78, 5) is 25.8. The van der Waals surface area contributed by atoms with Crippen LogP contribution < -0.4 is 9.64 Å². The van der Waals surface area contributed by atoms with Gasteiger partial charge in [-0.3, -0.25) is 9.45 Å². The Morgan fingerprint density at radius 2 is 2.08 bits per heavy atom. The van der Waals surface area contributed by atoms with E-state index in [1.807, 2.05) is 29.3 Å². The van der Waals surface area contributed by atoms with Gasteiger partial charge in [0.2, 0.25) is 11.8 Å². The fourth-order valence-corrected chi connectivity index (χ4v) is 3.07. The van der Waals surface area contributed by atoms with Crippen LogP contribution >= 0.6 is 23.2 Å². The third-order valence-corrected chi connectivity index (χ3v) is 4.35. The van der Waals surface area contributed by atoms with Crippen molar-refractivity contribution in [2.45, 2.75) is 6.92 Å².